The van der Waals surface area contributed by atoms with Gasteiger partial charge in [-0.05, 0) is 60.4 Å². The highest BCUT2D eigenvalue weighted by Crippen LogP contribution is 2.24. The minimum atomic E-state index is -1.10. The van der Waals surface area contributed by atoms with Gasteiger partial charge in [-0.15, -0.1) is 0 Å². The van der Waals surface area contributed by atoms with Crippen LogP contribution < -0.4 is 15.4 Å². The van der Waals surface area contributed by atoms with Crippen molar-refractivity contribution in [1.82, 2.24) is 5.32 Å². The van der Waals surface area contributed by atoms with Crippen LogP contribution >= 0.6 is 0 Å². The van der Waals surface area contributed by atoms with Crippen LogP contribution in [0.15, 0.2) is 72.8 Å². The molecule has 0 unspecified atom stereocenters. The number of carbonyl (C=O) groups is 2. The molecule has 0 saturated heterocycles. The van der Waals surface area contributed by atoms with E-state index < -0.39 is 17.9 Å². The Morgan fingerprint density at radius 2 is 1.69 bits per heavy atom. The smallest absolute Gasteiger partial charge is 0.326 e. The van der Waals surface area contributed by atoms with Crippen LogP contribution in [0, 0.1) is 0 Å². The van der Waals surface area contributed by atoms with E-state index in [-0.39, 0.29) is 6.42 Å². The molecule has 6 nitrogen and oxygen atoms in total. The summed E-state index contributed by atoms with van der Waals surface area (Å²) in [7, 11) is 1.79. The summed E-state index contributed by atoms with van der Waals surface area (Å²) in [6, 6.07) is 21.7. The monoisotopic (exact) mass is 432 g/mol. The Morgan fingerprint density at radius 3 is 2.31 bits per heavy atom. The molecule has 0 radical (unpaired) electrons. The number of hydrogen-bond acceptors (Lipinski definition) is 4. The zero-order valence-corrected chi connectivity index (χ0v) is 18.3. The Hall–Kier alpha value is -3.80. The van der Waals surface area contributed by atoms with E-state index in [2.05, 4.69) is 22.8 Å². The van der Waals surface area contributed by atoms with E-state index in [0.717, 1.165) is 23.2 Å². The summed E-state index contributed by atoms with van der Waals surface area (Å²) in [5.41, 5.74) is 4.26. The second-order valence-corrected chi connectivity index (χ2v) is 7.43. The summed E-state index contributed by atoms with van der Waals surface area (Å²) in [6.07, 6.45) is 0.875. The summed E-state index contributed by atoms with van der Waals surface area (Å²) >= 11 is 0. The van der Waals surface area contributed by atoms with Crippen LogP contribution in [0.4, 0.5) is 5.69 Å². The molecule has 0 heterocycles. The van der Waals surface area contributed by atoms with Crippen molar-refractivity contribution in [2.75, 3.05) is 19.0 Å². The van der Waals surface area contributed by atoms with E-state index >= 15 is 0 Å². The predicted molar refractivity (Wildman–Crippen MR) is 125 cm³/mol. The SMILES string of the molecule is CCOc1cc(Cc2ccccc2)ccc1C[C@H](NC(=O)c1ccc(NC)cc1)C(=O)O. The predicted octanol–water partition coefficient (Wildman–Crippen LogP) is 4.14. The van der Waals surface area contributed by atoms with E-state index in [1.54, 1.807) is 31.3 Å². The molecule has 0 bridgehead atoms. The van der Waals surface area contributed by atoms with Crippen LogP contribution in [0.5, 0.6) is 5.75 Å². The van der Waals surface area contributed by atoms with Crippen molar-refractivity contribution >= 4 is 17.6 Å². The molecule has 3 rings (SSSR count). The number of anilines is 1. The molecular formula is C26H28N2O4. The zero-order valence-electron chi connectivity index (χ0n) is 18.3. The fourth-order valence-electron chi connectivity index (χ4n) is 3.45. The van der Waals surface area contributed by atoms with E-state index in [1.165, 1.54) is 5.56 Å². The third-order valence-corrected chi connectivity index (χ3v) is 5.15. The molecule has 166 valence electrons. The van der Waals surface area contributed by atoms with Gasteiger partial charge in [0.15, 0.2) is 0 Å². The van der Waals surface area contributed by atoms with Crippen molar-refractivity contribution in [3.8, 4) is 5.75 Å². The number of amides is 1. The number of carboxylic acid groups (broad SMARTS) is 1. The standard InChI is InChI=1S/C26H28N2O4/c1-3-32-24-16-19(15-18-7-5-4-6-8-18)9-10-21(24)17-23(26(30)31)28-25(29)20-11-13-22(27-2)14-12-20/h4-14,16,23,27H,3,15,17H2,1-2H3,(H,28,29)(H,30,31)/t23-/m0/s1. The number of ether oxygens (including phenoxy) is 1. The van der Waals surface area contributed by atoms with Gasteiger partial charge >= 0.3 is 5.97 Å². The quantitative estimate of drug-likeness (QED) is 0.448. The summed E-state index contributed by atoms with van der Waals surface area (Å²) in [5.74, 6) is -0.889. The molecule has 1 amide bonds. The molecule has 0 spiro atoms. The van der Waals surface area contributed by atoms with Crippen LogP contribution in [0.1, 0.15) is 34.0 Å². The third kappa shape index (κ3) is 6.11. The van der Waals surface area contributed by atoms with Crippen LogP contribution in [-0.4, -0.2) is 36.7 Å². The van der Waals surface area contributed by atoms with Crippen LogP contribution in [-0.2, 0) is 17.6 Å². The molecule has 3 aromatic rings. The van der Waals surface area contributed by atoms with Gasteiger partial charge in [0, 0.05) is 24.7 Å². The number of carboxylic acids is 1. The van der Waals surface area contributed by atoms with E-state index in [0.29, 0.717) is 17.9 Å². The highest BCUT2D eigenvalue weighted by atomic mass is 16.5. The molecule has 0 aliphatic heterocycles. The summed E-state index contributed by atoms with van der Waals surface area (Å²) in [6.45, 7) is 2.35. The van der Waals surface area contributed by atoms with Gasteiger partial charge in [0.2, 0.25) is 0 Å². The van der Waals surface area contributed by atoms with Gasteiger partial charge in [-0.3, -0.25) is 4.79 Å². The fraction of sp³-hybridized carbons (Fsp3) is 0.231. The highest BCUT2D eigenvalue weighted by Gasteiger charge is 2.23. The van der Waals surface area contributed by atoms with Crippen LogP contribution in [0.2, 0.25) is 0 Å². The molecule has 3 N–H and O–H groups in total. The maximum Gasteiger partial charge on any atom is 0.326 e. The number of aliphatic carboxylic acids is 1. The summed E-state index contributed by atoms with van der Waals surface area (Å²) < 4.78 is 5.80. The number of nitrogens with one attached hydrogen (secondary N) is 2. The van der Waals surface area contributed by atoms with Gasteiger partial charge in [-0.1, -0.05) is 42.5 Å². The van der Waals surface area contributed by atoms with Gasteiger partial charge in [-0.2, -0.15) is 0 Å². The molecule has 0 aliphatic rings. The Kier molecular flexibility index (Phi) is 7.86. The Bertz CT molecular complexity index is 1050. The topological polar surface area (TPSA) is 87.7 Å². The largest absolute Gasteiger partial charge is 0.494 e. The first kappa shape index (κ1) is 22.9. The van der Waals surface area contributed by atoms with Crippen LogP contribution in [0.3, 0.4) is 0 Å². The van der Waals surface area contributed by atoms with E-state index in [1.807, 2.05) is 43.3 Å². The highest BCUT2D eigenvalue weighted by molar-refractivity contribution is 5.96. The zero-order chi connectivity index (χ0) is 22.9. The number of carbonyl (C=O) groups excluding carboxylic acids is 1. The summed E-state index contributed by atoms with van der Waals surface area (Å²) in [4.78, 5) is 24.5. The molecule has 32 heavy (non-hydrogen) atoms. The average Bonchev–Trinajstić information content (AvgIpc) is 2.81. The van der Waals surface area contributed by atoms with E-state index in [9.17, 15) is 14.7 Å². The maximum atomic E-state index is 12.6. The first-order valence-electron chi connectivity index (χ1n) is 10.6. The van der Waals surface area contributed by atoms with Gasteiger partial charge in [-0.25, -0.2) is 4.79 Å². The van der Waals surface area contributed by atoms with Crippen molar-refractivity contribution in [1.29, 1.82) is 0 Å². The lowest BCUT2D eigenvalue weighted by molar-refractivity contribution is -0.139. The molecular weight excluding hydrogens is 404 g/mol. The first-order chi connectivity index (χ1) is 15.5. The van der Waals surface area contributed by atoms with Crippen molar-refractivity contribution in [3.63, 3.8) is 0 Å². The summed E-state index contributed by atoms with van der Waals surface area (Å²) in [5, 5.41) is 15.3. The molecule has 1 atom stereocenters. The molecule has 3 aromatic carbocycles. The lowest BCUT2D eigenvalue weighted by Crippen LogP contribution is -2.42. The first-order valence-corrected chi connectivity index (χ1v) is 10.6. The number of benzene rings is 3. The van der Waals surface area contributed by atoms with Crippen molar-refractivity contribution < 1.29 is 19.4 Å². The third-order valence-electron chi connectivity index (χ3n) is 5.15. The van der Waals surface area contributed by atoms with Gasteiger partial charge < -0.3 is 20.5 Å². The van der Waals surface area contributed by atoms with E-state index in [4.69, 9.17) is 4.74 Å². The van der Waals surface area contributed by atoms with Crippen molar-refractivity contribution in [2.45, 2.75) is 25.8 Å². The second-order valence-electron chi connectivity index (χ2n) is 7.43. The van der Waals surface area contributed by atoms with Gasteiger partial charge in [0.25, 0.3) is 5.91 Å². The normalized spacial score (nSPS) is 11.4. The van der Waals surface area contributed by atoms with Gasteiger partial charge in [0.05, 0.1) is 6.61 Å². The maximum absolute atomic E-state index is 12.6. The Labute approximate surface area is 188 Å². The lowest BCUT2D eigenvalue weighted by atomic mass is 9.99. The van der Waals surface area contributed by atoms with Crippen molar-refractivity contribution in [2.24, 2.45) is 0 Å². The molecule has 0 fully saturated rings. The molecule has 0 aliphatic carbocycles. The number of rotatable bonds is 10. The molecule has 0 aromatic heterocycles. The average molecular weight is 433 g/mol. The number of hydrogen-bond donors (Lipinski definition) is 3. The molecule has 0 saturated carbocycles. The minimum Gasteiger partial charge on any atom is -0.494 e. The minimum absolute atomic E-state index is 0.122. The van der Waals surface area contributed by atoms with Crippen LogP contribution in [0.25, 0.3) is 0 Å². The fourth-order valence-corrected chi connectivity index (χ4v) is 3.45. The Balaban J connectivity index is 1.76. The lowest BCUT2D eigenvalue weighted by Gasteiger charge is -2.18. The Morgan fingerprint density at radius 1 is 0.969 bits per heavy atom. The van der Waals surface area contributed by atoms with Gasteiger partial charge in [0.1, 0.15) is 11.8 Å². The second kappa shape index (κ2) is 11.0. The van der Waals surface area contributed by atoms with Crippen molar-refractivity contribution in [3.05, 3.63) is 95.1 Å². The molecule has 6 heteroatoms.